The molecule has 7 nitrogen and oxygen atoms in total. The molecule has 0 unspecified atom stereocenters. The molecule has 28 heavy (non-hydrogen) atoms. The summed E-state index contributed by atoms with van der Waals surface area (Å²) in [6, 6.07) is 6.03. The van der Waals surface area contributed by atoms with Crippen molar-refractivity contribution in [1.82, 2.24) is 9.97 Å². The summed E-state index contributed by atoms with van der Waals surface area (Å²) < 4.78 is 23.4. The summed E-state index contributed by atoms with van der Waals surface area (Å²) >= 11 is 6.25. The van der Waals surface area contributed by atoms with Crippen molar-refractivity contribution < 1.29 is 13.2 Å². The van der Waals surface area contributed by atoms with Gasteiger partial charge in [0.05, 0.1) is 16.1 Å². The van der Waals surface area contributed by atoms with Crippen LogP contribution in [0.25, 0.3) is 0 Å². The van der Waals surface area contributed by atoms with Gasteiger partial charge < -0.3 is 9.80 Å². The van der Waals surface area contributed by atoms with Gasteiger partial charge in [-0.2, -0.15) is 0 Å². The average Bonchev–Trinajstić information content (AvgIpc) is 3.16. The number of nitrogens with zero attached hydrogens (tertiary/aromatic N) is 4. The number of sulfone groups is 1. The van der Waals surface area contributed by atoms with E-state index in [1.54, 1.807) is 17.0 Å². The van der Waals surface area contributed by atoms with Crippen molar-refractivity contribution in [2.75, 3.05) is 29.1 Å². The molecule has 3 rings (SSSR count). The third-order valence-electron chi connectivity index (χ3n) is 4.60. The minimum absolute atomic E-state index is 0.138. The second kappa shape index (κ2) is 8.05. The first-order valence-corrected chi connectivity index (χ1v) is 11.4. The van der Waals surface area contributed by atoms with E-state index in [9.17, 15) is 13.2 Å². The summed E-state index contributed by atoms with van der Waals surface area (Å²) in [5, 5.41) is 0.186. The SMILES string of the molecule is CC(C)N(C(=O)c1nc(N2CCCC2)ncc1Cl)c1ccc(S(C)(=O)=O)cc1. The fourth-order valence-corrected chi connectivity index (χ4v) is 4.00. The number of halogens is 1. The Morgan fingerprint density at radius 2 is 1.79 bits per heavy atom. The van der Waals surface area contributed by atoms with Gasteiger partial charge in [0.25, 0.3) is 5.91 Å². The molecule has 0 spiro atoms. The van der Waals surface area contributed by atoms with Gasteiger partial charge in [0.2, 0.25) is 5.95 Å². The molecular formula is C19H23ClN4O3S. The molecule has 1 aliphatic heterocycles. The average molecular weight is 423 g/mol. The summed E-state index contributed by atoms with van der Waals surface area (Å²) in [7, 11) is -3.31. The maximum atomic E-state index is 13.3. The van der Waals surface area contributed by atoms with E-state index < -0.39 is 9.84 Å². The van der Waals surface area contributed by atoms with Gasteiger partial charge in [-0.25, -0.2) is 18.4 Å². The Morgan fingerprint density at radius 3 is 2.32 bits per heavy atom. The number of benzene rings is 1. The Labute approximate surface area is 170 Å². The van der Waals surface area contributed by atoms with Crippen molar-refractivity contribution >= 4 is 39.0 Å². The van der Waals surface area contributed by atoms with Crippen LogP contribution in [0.4, 0.5) is 11.6 Å². The Morgan fingerprint density at radius 1 is 1.18 bits per heavy atom. The monoisotopic (exact) mass is 422 g/mol. The summed E-state index contributed by atoms with van der Waals surface area (Å²) in [6.45, 7) is 5.46. The first-order valence-electron chi connectivity index (χ1n) is 9.09. The number of amides is 1. The van der Waals surface area contributed by atoms with Gasteiger partial charge >= 0.3 is 0 Å². The van der Waals surface area contributed by atoms with Crippen LogP contribution in [0, 0.1) is 0 Å². The van der Waals surface area contributed by atoms with E-state index in [2.05, 4.69) is 9.97 Å². The fraction of sp³-hybridized carbons (Fsp3) is 0.421. The largest absolute Gasteiger partial charge is 0.341 e. The molecule has 150 valence electrons. The van der Waals surface area contributed by atoms with E-state index in [-0.39, 0.29) is 27.6 Å². The molecule has 1 aromatic heterocycles. The summed E-state index contributed by atoms with van der Waals surface area (Å²) in [4.78, 5) is 25.8. The lowest BCUT2D eigenvalue weighted by atomic mass is 10.2. The van der Waals surface area contributed by atoms with Crippen molar-refractivity contribution in [2.24, 2.45) is 0 Å². The normalized spacial score (nSPS) is 14.5. The topological polar surface area (TPSA) is 83.5 Å². The minimum Gasteiger partial charge on any atom is -0.341 e. The van der Waals surface area contributed by atoms with Gasteiger partial charge in [-0.3, -0.25) is 4.79 Å². The van der Waals surface area contributed by atoms with Gasteiger partial charge in [-0.1, -0.05) is 11.6 Å². The number of rotatable bonds is 5. The summed E-state index contributed by atoms with van der Waals surface area (Å²) in [5.41, 5.74) is 0.712. The summed E-state index contributed by atoms with van der Waals surface area (Å²) in [5.74, 6) is 0.149. The maximum Gasteiger partial charge on any atom is 0.278 e. The smallest absolute Gasteiger partial charge is 0.278 e. The van der Waals surface area contributed by atoms with Crippen molar-refractivity contribution in [1.29, 1.82) is 0 Å². The fourth-order valence-electron chi connectivity index (χ4n) is 3.20. The van der Waals surface area contributed by atoms with Crippen LogP contribution in [0.5, 0.6) is 0 Å². The van der Waals surface area contributed by atoms with Crippen molar-refractivity contribution in [2.45, 2.75) is 37.6 Å². The van der Waals surface area contributed by atoms with Crippen molar-refractivity contribution in [3.8, 4) is 0 Å². The number of hydrogen-bond donors (Lipinski definition) is 0. The van der Waals surface area contributed by atoms with E-state index >= 15 is 0 Å². The first-order chi connectivity index (χ1) is 13.2. The van der Waals surface area contributed by atoms with Crippen LogP contribution < -0.4 is 9.80 Å². The molecule has 0 atom stereocenters. The molecule has 1 saturated heterocycles. The summed E-state index contributed by atoms with van der Waals surface area (Å²) in [6.07, 6.45) is 4.74. The van der Waals surface area contributed by atoms with E-state index in [4.69, 9.17) is 11.6 Å². The van der Waals surface area contributed by atoms with Crippen molar-refractivity contribution in [3.05, 3.63) is 41.2 Å². The Balaban J connectivity index is 1.96. The van der Waals surface area contributed by atoms with Crippen LogP contribution in [-0.2, 0) is 9.84 Å². The van der Waals surface area contributed by atoms with Crippen LogP contribution in [0.2, 0.25) is 5.02 Å². The standard InChI is InChI=1S/C19H23ClN4O3S/c1-13(2)24(14-6-8-15(9-7-14)28(3,26)27)18(25)17-16(20)12-21-19(22-17)23-10-4-5-11-23/h6-9,12-13H,4-5,10-11H2,1-3H3. The highest BCUT2D eigenvalue weighted by Gasteiger charge is 2.26. The van der Waals surface area contributed by atoms with Gasteiger partial charge in [0.15, 0.2) is 15.5 Å². The predicted molar refractivity (Wildman–Crippen MR) is 110 cm³/mol. The maximum absolute atomic E-state index is 13.3. The van der Waals surface area contributed by atoms with E-state index in [0.29, 0.717) is 11.6 Å². The predicted octanol–water partition coefficient (Wildman–Crippen LogP) is 3.19. The zero-order chi connectivity index (χ0) is 20.5. The highest BCUT2D eigenvalue weighted by molar-refractivity contribution is 7.90. The van der Waals surface area contributed by atoms with Gasteiger partial charge in [0, 0.05) is 31.1 Å². The van der Waals surface area contributed by atoms with Crippen LogP contribution in [0.3, 0.4) is 0 Å². The van der Waals surface area contributed by atoms with Crippen molar-refractivity contribution in [3.63, 3.8) is 0 Å². The number of hydrogen-bond acceptors (Lipinski definition) is 6. The zero-order valence-corrected chi connectivity index (χ0v) is 17.7. The van der Waals surface area contributed by atoms with E-state index in [1.165, 1.54) is 18.3 Å². The van der Waals surface area contributed by atoms with Crippen LogP contribution in [-0.4, -0.2) is 49.7 Å². The first kappa shape index (κ1) is 20.5. The van der Waals surface area contributed by atoms with E-state index in [0.717, 1.165) is 32.2 Å². The highest BCUT2D eigenvalue weighted by atomic mass is 35.5. The molecule has 1 amide bonds. The molecule has 1 fully saturated rings. The molecule has 0 saturated carbocycles. The lowest BCUT2D eigenvalue weighted by molar-refractivity contribution is 0.0975. The molecular weight excluding hydrogens is 400 g/mol. The lowest BCUT2D eigenvalue weighted by Gasteiger charge is -2.27. The third-order valence-corrected chi connectivity index (χ3v) is 6.01. The zero-order valence-electron chi connectivity index (χ0n) is 16.1. The molecule has 9 heteroatoms. The van der Waals surface area contributed by atoms with Gasteiger partial charge in [-0.05, 0) is 51.0 Å². The second-order valence-corrected chi connectivity index (χ2v) is 9.52. The molecule has 0 bridgehead atoms. The Kier molecular flexibility index (Phi) is 5.90. The number of carbonyl (C=O) groups excluding carboxylic acids is 1. The minimum atomic E-state index is -3.31. The molecule has 2 aromatic rings. The second-order valence-electron chi connectivity index (χ2n) is 7.10. The molecule has 1 aromatic carbocycles. The molecule has 0 radical (unpaired) electrons. The van der Waals surface area contributed by atoms with Crippen LogP contribution >= 0.6 is 11.6 Å². The number of aromatic nitrogens is 2. The molecule has 0 N–H and O–H groups in total. The lowest BCUT2D eigenvalue weighted by Crippen LogP contribution is -2.38. The quantitative estimate of drug-likeness (QED) is 0.735. The van der Waals surface area contributed by atoms with E-state index in [1.807, 2.05) is 18.7 Å². The Hall–Kier alpha value is -2.19. The van der Waals surface area contributed by atoms with Crippen LogP contribution in [0.15, 0.2) is 35.4 Å². The molecule has 0 aliphatic carbocycles. The highest BCUT2D eigenvalue weighted by Crippen LogP contribution is 2.26. The van der Waals surface area contributed by atoms with Gasteiger partial charge in [0.1, 0.15) is 0 Å². The Bertz CT molecular complexity index is 971. The molecule has 2 heterocycles. The molecule has 1 aliphatic rings. The van der Waals surface area contributed by atoms with Crippen LogP contribution in [0.1, 0.15) is 37.2 Å². The third kappa shape index (κ3) is 4.28. The van der Waals surface area contributed by atoms with Gasteiger partial charge in [-0.15, -0.1) is 0 Å². The number of anilines is 2. The number of carbonyl (C=O) groups is 1.